The molecule has 0 atom stereocenters. The third-order valence-corrected chi connectivity index (χ3v) is 7.37. The van der Waals surface area contributed by atoms with Gasteiger partial charge in [-0.1, -0.05) is 121 Å². The van der Waals surface area contributed by atoms with E-state index in [0.717, 1.165) is 11.4 Å². The van der Waals surface area contributed by atoms with Crippen LogP contribution < -0.4 is 5.32 Å². The fourth-order valence-corrected chi connectivity index (χ4v) is 5.73. The molecule has 0 bridgehead atoms. The van der Waals surface area contributed by atoms with Crippen molar-refractivity contribution in [3.05, 3.63) is 156 Å². The van der Waals surface area contributed by atoms with Gasteiger partial charge in [0.25, 0.3) is 0 Å². The summed E-state index contributed by atoms with van der Waals surface area (Å²) in [6.07, 6.45) is 0. The van der Waals surface area contributed by atoms with Crippen molar-refractivity contribution in [2.24, 2.45) is 0 Å². The van der Waals surface area contributed by atoms with Crippen molar-refractivity contribution in [2.45, 2.75) is 5.92 Å². The van der Waals surface area contributed by atoms with Gasteiger partial charge in [-0.25, -0.2) is 0 Å². The molecule has 0 aromatic heterocycles. The van der Waals surface area contributed by atoms with E-state index in [1.165, 1.54) is 49.7 Å². The minimum atomic E-state index is 0.238. The number of fused-ring (bicyclic) bond motifs is 4. The summed E-state index contributed by atoms with van der Waals surface area (Å²) in [5, 5.41) is 6.09. The Hall–Kier alpha value is -4.62. The molecule has 1 heteroatoms. The molecule has 1 nitrogen and oxygen atoms in total. The summed E-state index contributed by atoms with van der Waals surface area (Å²) in [4.78, 5) is 0. The summed E-state index contributed by atoms with van der Waals surface area (Å²) in [5.74, 6) is 0.238. The van der Waals surface area contributed by atoms with Gasteiger partial charge >= 0.3 is 0 Å². The van der Waals surface area contributed by atoms with E-state index in [0.29, 0.717) is 0 Å². The van der Waals surface area contributed by atoms with E-state index in [-0.39, 0.29) is 5.92 Å². The molecule has 0 unspecified atom stereocenters. The van der Waals surface area contributed by atoms with Gasteiger partial charge in [0.2, 0.25) is 0 Å². The number of benzene rings is 6. The summed E-state index contributed by atoms with van der Waals surface area (Å²) in [5.41, 5.74) is 11.6. The molecule has 0 fully saturated rings. The zero-order chi connectivity index (χ0) is 23.9. The maximum atomic E-state index is 3.62. The van der Waals surface area contributed by atoms with Gasteiger partial charge in [-0.05, 0) is 62.5 Å². The Balaban J connectivity index is 1.27. The Kier molecular flexibility index (Phi) is 4.92. The third-order valence-electron chi connectivity index (χ3n) is 7.37. The van der Waals surface area contributed by atoms with Crippen molar-refractivity contribution in [1.82, 2.24) is 0 Å². The monoisotopic (exact) mass is 459 g/mol. The van der Waals surface area contributed by atoms with Crippen LogP contribution in [0.3, 0.4) is 0 Å². The largest absolute Gasteiger partial charge is 0.355 e. The standard InChI is InChI=1S/C35H25N/c1-2-13-28-24(10-1)11-9-19-34(28)36-26-22-20-25(21-23-26)27-12-3-6-16-31(27)35-32-17-7-4-14-29(32)30-15-5-8-18-33(30)35/h1-23,35-36H. The van der Waals surface area contributed by atoms with Crippen LogP contribution in [-0.2, 0) is 0 Å². The fraction of sp³-hybridized carbons (Fsp3) is 0.0286. The van der Waals surface area contributed by atoms with E-state index in [9.17, 15) is 0 Å². The number of rotatable bonds is 4. The van der Waals surface area contributed by atoms with Crippen LogP contribution in [0, 0.1) is 0 Å². The molecule has 170 valence electrons. The molecule has 6 aromatic carbocycles. The first kappa shape index (κ1) is 20.7. The molecule has 1 N–H and O–H groups in total. The Morgan fingerprint density at radius 1 is 0.417 bits per heavy atom. The lowest BCUT2D eigenvalue weighted by molar-refractivity contribution is 1.02. The highest BCUT2D eigenvalue weighted by atomic mass is 14.9. The minimum absolute atomic E-state index is 0.238. The highest BCUT2D eigenvalue weighted by molar-refractivity contribution is 5.95. The molecule has 1 aliphatic carbocycles. The Morgan fingerprint density at radius 2 is 0.944 bits per heavy atom. The van der Waals surface area contributed by atoms with Crippen LogP contribution in [0.25, 0.3) is 33.0 Å². The van der Waals surface area contributed by atoms with Crippen molar-refractivity contribution in [1.29, 1.82) is 0 Å². The van der Waals surface area contributed by atoms with E-state index in [4.69, 9.17) is 0 Å². The Bertz CT molecular complexity index is 1660. The SMILES string of the molecule is c1ccc(C2c3ccccc3-c3ccccc32)c(-c2ccc(Nc3cccc4ccccc34)cc2)c1. The topological polar surface area (TPSA) is 12.0 Å². The molecule has 1 aliphatic rings. The lowest BCUT2D eigenvalue weighted by atomic mass is 9.84. The second-order valence-electron chi connectivity index (χ2n) is 9.42. The van der Waals surface area contributed by atoms with Gasteiger partial charge in [-0.2, -0.15) is 0 Å². The van der Waals surface area contributed by atoms with E-state index in [1.807, 2.05) is 0 Å². The molecule has 6 aromatic rings. The third kappa shape index (κ3) is 3.40. The first-order valence-electron chi connectivity index (χ1n) is 12.5. The molecule has 0 amide bonds. The molecule has 0 saturated heterocycles. The van der Waals surface area contributed by atoms with Crippen molar-refractivity contribution >= 4 is 22.1 Å². The molecule has 0 heterocycles. The van der Waals surface area contributed by atoms with Crippen LogP contribution in [0.15, 0.2) is 140 Å². The van der Waals surface area contributed by atoms with E-state index >= 15 is 0 Å². The van der Waals surface area contributed by atoms with Crippen LogP contribution in [0.5, 0.6) is 0 Å². The lowest BCUT2D eigenvalue weighted by Crippen LogP contribution is -2.01. The summed E-state index contributed by atoms with van der Waals surface area (Å²) < 4.78 is 0. The van der Waals surface area contributed by atoms with E-state index in [1.54, 1.807) is 0 Å². The fourth-order valence-electron chi connectivity index (χ4n) is 5.73. The Labute approximate surface area is 211 Å². The molecular weight excluding hydrogens is 434 g/mol. The van der Waals surface area contributed by atoms with Crippen molar-refractivity contribution < 1.29 is 0 Å². The van der Waals surface area contributed by atoms with Gasteiger partial charge in [-0.3, -0.25) is 0 Å². The molecule has 7 rings (SSSR count). The molecular formula is C35H25N. The zero-order valence-electron chi connectivity index (χ0n) is 19.9. The average molecular weight is 460 g/mol. The van der Waals surface area contributed by atoms with Crippen LogP contribution >= 0.6 is 0 Å². The smallest absolute Gasteiger partial charge is 0.0463 e. The van der Waals surface area contributed by atoms with Crippen molar-refractivity contribution in [3.63, 3.8) is 0 Å². The maximum absolute atomic E-state index is 3.62. The molecule has 0 radical (unpaired) electrons. The van der Waals surface area contributed by atoms with Gasteiger partial charge in [0.05, 0.1) is 0 Å². The maximum Gasteiger partial charge on any atom is 0.0463 e. The molecule has 0 spiro atoms. The number of hydrogen-bond donors (Lipinski definition) is 1. The van der Waals surface area contributed by atoms with Crippen LogP contribution in [0.4, 0.5) is 11.4 Å². The number of hydrogen-bond acceptors (Lipinski definition) is 1. The van der Waals surface area contributed by atoms with Gasteiger partial charge < -0.3 is 5.32 Å². The highest BCUT2D eigenvalue weighted by Gasteiger charge is 2.30. The van der Waals surface area contributed by atoms with Crippen molar-refractivity contribution in [2.75, 3.05) is 5.32 Å². The van der Waals surface area contributed by atoms with Crippen LogP contribution in [0.2, 0.25) is 0 Å². The van der Waals surface area contributed by atoms with Crippen LogP contribution in [-0.4, -0.2) is 0 Å². The minimum Gasteiger partial charge on any atom is -0.355 e. The van der Waals surface area contributed by atoms with Gasteiger partial charge in [0.15, 0.2) is 0 Å². The van der Waals surface area contributed by atoms with Crippen molar-refractivity contribution in [3.8, 4) is 22.3 Å². The second-order valence-corrected chi connectivity index (χ2v) is 9.42. The predicted octanol–water partition coefficient (Wildman–Crippen LogP) is 9.41. The number of anilines is 2. The summed E-state index contributed by atoms with van der Waals surface area (Å²) in [6, 6.07) is 50.3. The quantitative estimate of drug-likeness (QED) is 0.276. The van der Waals surface area contributed by atoms with Crippen LogP contribution in [0.1, 0.15) is 22.6 Å². The van der Waals surface area contributed by atoms with Gasteiger partial charge in [-0.15, -0.1) is 0 Å². The second kappa shape index (κ2) is 8.55. The highest BCUT2D eigenvalue weighted by Crippen LogP contribution is 2.49. The number of nitrogens with one attached hydrogen (secondary N) is 1. The van der Waals surface area contributed by atoms with E-state index < -0.39 is 0 Å². The summed E-state index contributed by atoms with van der Waals surface area (Å²) >= 11 is 0. The Morgan fingerprint density at radius 3 is 1.64 bits per heavy atom. The van der Waals surface area contributed by atoms with E-state index in [2.05, 4.69) is 145 Å². The van der Waals surface area contributed by atoms with Gasteiger partial charge in [0.1, 0.15) is 0 Å². The normalized spacial score (nSPS) is 12.3. The lowest BCUT2D eigenvalue weighted by Gasteiger charge is -2.19. The average Bonchev–Trinajstić information content (AvgIpc) is 3.28. The predicted molar refractivity (Wildman–Crippen MR) is 152 cm³/mol. The molecule has 0 saturated carbocycles. The molecule has 0 aliphatic heterocycles. The summed E-state index contributed by atoms with van der Waals surface area (Å²) in [7, 11) is 0. The summed E-state index contributed by atoms with van der Waals surface area (Å²) in [6.45, 7) is 0. The zero-order valence-corrected chi connectivity index (χ0v) is 19.9. The molecule has 36 heavy (non-hydrogen) atoms. The first-order chi connectivity index (χ1) is 17.9. The first-order valence-corrected chi connectivity index (χ1v) is 12.5. The van der Waals surface area contributed by atoms with Gasteiger partial charge in [0, 0.05) is 22.7 Å².